The van der Waals surface area contributed by atoms with Gasteiger partial charge in [0.25, 0.3) is 5.91 Å². The van der Waals surface area contributed by atoms with Crippen LogP contribution in [0.5, 0.6) is 0 Å². The lowest BCUT2D eigenvalue weighted by molar-refractivity contribution is -0.140. The van der Waals surface area contributed by atoms with Crippen LogP contribution in [0.2, 0.25) is 0 Å². The Hall–Kier alpha value is -1.36. The van der Waals surface area contributed by atoms with Gasteiger partial charge in [-0.15, -0.1) is 11.3 Å². The highest BCUT2D eigenvalue weighted by Gasteiger charge is 2.54. The van der Waals surface area contributed by atoms with E-state index >= 15 is 0 Å². The van der Waals surface area contributed by atoms with E-state index in [0.717, 1.165) is 73.3 Å². The lowest BCUT2D eigenvalue weighted by Crippen LogP contribution is -2.51. The van der Waals surface area contributed by atoms with Crippen molar-refractivity contribution in [1.29, 1.82) is 0 Å². The maximum Gasteiger partial charge on any atom is 0.251 e. The monoisotopic (exact) mass is 372 g/mol. The van der Waals surface area contributed by atoms with E-state index < -0.39 is 0 Å². The number of fused-ring (bicyclic) bond motifs is 1. The maximum atomic E-state index is 13.4. The van der Waals surface area contributed by atoms with Crippen molar-refractivity contribution >= 4 is 28.2 Å². The fourth-order valence-electron chi connectivity index (χ4n) is 6.72. The van der Waals surface area contributed by atoms with Gasteiger partial charge < -0.3 is 11.1 Å². The molecular formula is C21H28N2O2S. The molecule has 5 aliphatic rings. The molecule has 1 aromatic heterocycles. The normalized spacial score (nSPS) is 35.0. The number of anilines is 1. The Balaban J connectivity index is 1.44. The second-order valence-corrected chi connectivity index (χ2v) is 10.4. The van der Waals surface area contributed by atoms with Crippen molar-refractivity contribution in [2.24, 2.45) is 28.9 Å². The van der Waals surface area contributed by atoms with E-state index in [2.05, 4.69) is 5.32 Å². The number of amides is 2. The first-order valence-corrected chi connectivity index (χ1v) is 11.1. The largest absolute Gasteiger partial charge is 0.365 e. The molecule has 5 heteroatoms. The molecule has 6 rings (SSSR count). The number of hydrogen-bond acceptors (Lipinski definition) is 3. The number of carbonyl (C=O) groups excluding carboxylic acids is 2. The molecule has 0 saturated heterocycles. The molecule has 0 spiro atoms. The minimum absolute atomic E-state index is 0.163. The summed E-state index contributed by atoms with van der Waals surface area (Å²) in [5.41, 5.74) is 7.26. The van der Waals surface area contributed by atoms with E-state index in [1.165, 1.54) is 30.6 Å². The van der Waals surface area contributed by atoms with Crippen LogP contribution in [0.25, 0.3) is 0 Å². The zero-order valence-electron chi connectivity index (χ0n) is 15.3. The number of thiophene rings is 1. The van der Waals surface area contributed by atoms with Crippen molar-refractivity contribution in [2.45, 2.75) is 70.6 Å². The van der Waals surface area contributed by atoms with Crippen LogP contribution >= 0.6 is 11.3 Å². The molecule has 0 aromatic carbocycles. The summed E-state index contributed by atoms with van der Waals surface area (Å²) in [4.78, 5) is 26.8. The average Bonchev–Trinajstić information content (AvgIpc) is 2.75. The van der Waals surface area contributed by atoms with Gasteiger partial charge in [-0.2, -0.15) is 0 Å². The van der Waals surface area contributed by atoms with E-state index in [0.29, 0.717) is 5.56 Å². The molecule has 2 amide bonds. The third kappa shape index (κ3) is 2.62. The Morgan fingerprint density at radius 2 is 1.58 bits per heavy atom. The zero-order valence-corrected chi connectivity index (χ0v) is 16.1. The predicted octanol–water partition coefficient (Wildman–Crippen LogP) is 4.27. The Kier molecular flexibility index (Phi) is 3.93. The van der Waals surface area contributed by atoms with E-state index in [-0.39, 0.29) is 17.2 Å². The van der Waals surface area contributed by atoms with Gasteiger partial charge in [0.1, 0.15) is 5.00 Å². The molecule has 4 saturated carbocycles. The molecule has 1 aromatic rings. The smallest absolute Gasteiger partial charge is 0.251 e. The first kappa shape index (κ1) is 16.8. The topological polar surface area (TPSA) is 72.2 Å². The van der Waals surface area contributed by atoms with Crippen molar-refractivity contribution in [3.63, 3.8) is 0 Å². The first-order chi connectivity index (χ1) is 12.5. The predicted molar refractivity (Wildman–Crippen MR) is 103 cm³/mol. The Morgan fingerprint density at radius 1 is 0.962 bits per heavy atom. The second kappa shape index (κ2) is 6.08. The standard InChI is InChI=1S/C21H28N2O2S/c22-18(24)17-15-4-2-1-3-5-16(15)26-19(17)23-20(25)21-9-12-6-13(10-21)8-14(7-12)11-21/h12-14H,1-11H2,(H2,22,24)(H,23,25). The summed E-state index contributed by atoms with van der Waals surface area (Å²) in [6.45, 7) is 0. The highest BCUT2D eigenvalue weighted by molar-refractivity contribution is 7.17. The van der Waals surface area contributed by atoms with Gasteiger partial charge in [0, 0.05) is 4.88 Å². The third-order valence-corrected chi connectivity index (χ3v) is 8.62. The van der Waals surface area contributed by atoms with Gasteiger partial charge in [-0.3, -0.25) is 9.59 Å². The summed E-state index contributed by atoms with van der Waals surface area (Å²) < 4.78 is 0. The fourth-order valence-corrected chi connectivity index (χ4v) is 8.01. The maximum absolute atomic E-state index is 13.4. The lowest BCUT2D eigenvalue weighted by atomic mass is 9.49. The number of nitrogens with one attached hydrogen (secondary N) is 1. The van der Waals surface area contributed by atoms with Gasteiger partial charge in [0.05, 0.1) is 11.0 Å². The van der Waals surface area contributed by atoms with Gasteiger partial charge in [-0.05, 0) is 87.5 Å². The molecule has 0 atom stereocenters. The van der Waals surface area contributed by atoms with Gasteiger partial charge in [-0.1, -0.05) is 6.42 Å². The Morgan fingerprint density at radius 3 is 2.19 bits per heavy atom. The van der Waals surface area contributed by atoms with Crippen LogP contribution < -0.4 is 11.1 Å². The van der Waals surface area contributed by atoms with Crippen LogP contribution in [0.15, 0.2) is 0 Å². The second-order valence-electron chi connectivity index (χ2n) is 9.28. The van der Waals surface area contributed by atoms with Crippen molar-refractivity contribution in [3.05, 3.63) is 16.0 Å². The summed E-state index contributed by atoms with van der Waals surface area (Å²) in [5, 5.41) is 3.93. The SMILES string of the molecule is NC(=O)c1c(NC(=O)C23CC4CC(CC(C4)C2)C3)sc2c1CCCCC2. The van der Waals surface area contributed by atoms with Crippen LogP contribution in [-0.4, -0.2) is 11.8 Å². The molecule has 1 heterocycles. The molecule has 0 unspecified atom stereocenters. The number of aryl methyl sites for hydroxylation is 1. The van der Waals surface area contributed by atoms with Crippen LogP contribution in [0, 0.1) is 23.2 Å². The molecule has 4 bridgehead atoms. The number of carbonyl (C=O) groups is 2. The van der Waals surface area contributed by atoms with Gasteiger partial charge in [0.2, 0.25) is 5.91 Å². The number of primary amides is 1. The molecule has 4 fully saturated rings. The fraction of sp³-hybridized carbons (Fsp3) is 0.714. The molecule has 4 nitrogen and oxygen atoms in total. The molecule has 0 aliphatic heterocycles. The van der Waals surface area contributed by atoms with E-state index in [4.69, 9.17) is 5.73 Å². The van der Waals surface area contributed by atoms with Gasteiger partial charge in [-0.25, -0.2) is 0 Å². The molecule has 140 valence electrons. The average molecular weight is 373 g/mol. The van der Waals surface area contributed by atoms with Gasteiger partial charge in [0.15, 0.2) is 0 Å². The minimum atomic E-state index is -0.384. The quantitative estimate of drug-likeness (QED) is 0.778. The highest BCUT2D eigenvalue weighted by atomic mass is 32.1. The third-order valence-electron chi connectivity index (χ3n) is 7.41. The molecule has 3 N–H and O–H groups in total. The van der Waals surface area contributed by atoms with E-state index in [1.807, 2.05) is 0 Å². The molecule has 0 radical (unpaired) electrons. The van der Waals surface area contributed by atoms with Crippen molar-refractivity contribution in [2.75, 3.05) is 5.32 Å². The summed E-state index contributed by atoms with van der Waals surface area (Å²) in [6, 6.07) is 0. The van der Waals surface area contributed by atoms with E-state index in [9.17, 15) is 9.59 Å². The van der Waals surface area contributed by atoms with Crippen molar-refractivity contribution in [1.82, 2.24) is 0 Å². The minimum Gasteiger partial charge on any atom is -0.365 e. The van der Waals surface area contributed by atoms with E-state index in [1.54, 1.807) is 11.3 Å². The highest BCUT2D eigenvalue weighted by Crippen LogP contribution is 2.60. The van der Waals surface area contributed by atoms with Crippen molar-refractivity contribution in [3.8, 4) is 0 Å². The number of rotatable bonds is 3. The molecule has 5 aliphatic carbocycles. The zero-order chi connectivity index (χ0) is 17.9. The summed E-state index contributed by atoms with van der Waals surface area (Å²) >= 11 is 1.60. The lowest BCUT2D eigenvalue weighted by Gasteiger charge is -2.55. The van der Waals surface area contributed by atoms with Crippen LogP contribution in [0.1, 0.15) is 78.6 Å². The summed E-state index contributed by atoms with van der Waals surface area (Å²) in [7, 11) is 0. The number of hydrogen-bond donors (Lipinski definition) is 2. The Labute approximate surface area is 158 Å². The van der Waals surface area contributed by atoms with Crippen LogP contribution in [0.3, 0.4) is 0 Å². The summed E-state index contributed by atoms with van der Waals surface area (Å²) in [5.74, 6) is 1.99. The summed E-state index contributed by atoms with van der Waals surface area (Å²) in [6.07, 6.45) is 12.5. The first-order valence-electron chi connectivity index (χ1n) is 10.3. The molecule has 26 heavy (non-hydrogen) atoms. The van der Waals surface area contributed by atoms with Crippen LogP contribution in [0.4, 0.5) is 5.00 Å². The molecular weight excluding hydrogens is 344 g/mol. The van der Waals surface area contributed by atoms with Crippen LogP contribution in [-0.2, 0) is 17.6 Å². The van der Waals surface area contributed by atoms with Gasteiger partial charge >= 0.3 is 0 Å². The Bertz CT molecular complexity index is 731. The van der Waals surface area contributed by atoms with Crippen molar-refractivity contribution < 1.29 is 9.59 Å². The number of nitrogens with two attached hydrogens (primary N) is 1.